The second-order valence-corrected chi connectivity index (χ2v) is 7.86. The second kappa shape index (κ2) is 8.40. The average Bonchev–Trinajstić information content (AvgIpc) is 2.66. The lowest BCUT2D eigenvalue weighted by Gasteiger charge is -2.50. The summed E-state index contributed by atoms with van der Waals surface area (Å²) in [5.41, 5.74) is 0.519. The first kappa shape index (κ1) is 19.2. The maximum atomic E-state index is 12.4. The Kier molecular flexibility index (Phi) is 6.20. The fraction of sp³-hybridized carbons (Fsp3) is 0.667. The number of para-hydroxylation sites is 1. The molecule has 5 nitrogen and oxygen atoms in total. The van der Waals surface area contributed by atoms with Crippen LogP contribution >= 0.6 is 0 Å². The molecule has 4 atom stereocenters. The molecule has 5 heteroatoms. The number of aliphatic hydroxyl groups is 1. The number of quaternary nitrogens is 1. The van der Waals surface area contributed by atoms with Crippen LogP contribution in [0.25, 0.3) is 0 Å². The Bertz CT molecular complexity index is 621. The van der Waals surface area contributed by atoms with E-state index in [0.29, 0.717) is 6.54 Å². The molecule has 3 N–H and O–H groups in total. The molecule has 2 fully saturated rings. The Labute approximate surface area is 156 Å². The monoisotopic (exact) mass is 361 g/mol. The normalized spacial score (nSPS) is 31.1. The highest BCUT2D eigenvalue weighted by Gasteiger charge is 2.52. The number of hydrogen-bond acceptors (Lipinski definition) is 3. The predicted molar refractivity (Wildman–Crippen MR) is 101 cm³/mol. The molecule has 1 aliphatic carbocycles. The number of carbonyl (C=O) groups excluding carboxylic acids is 1. The molecule has 1 heterocycles. The molecule has 26 heavy (non-hydrogen) atoms. The third kappa shape index (κ3) is 3.89. The van der Waals surface area contributed by atoms with Crippen molar-refractivity contribution < 1.29 is 19.5 Å². The lowest BCUT2D eigenvalue weighted by atomic mass is 9.66. The molecule has 1 aromatic rings. The van der Waals surface area contributed by atoms with Gasteiger partial charge in [-0.05, 0) is 31.4 Å². The first-order valence-corrected chi connectivity index (χ1v) is 10.1. The summed E-state index contributed by atoms with van der Waals surface area (Å²) in [5, 5.41) is 14.3. The summed E-state index contributed by atoms with van der Waals surface area (Å²) in [5.74, 6) is 1.14. The van der Waals surface area contributed by atoms with Crippen LogP contribution in [0.2, 0.25) is 0 Å². The number of hydrogen-bond donors (Lipinski definition) is 3. The molecule has 1 aliphatic heterocycles. The number of methoxy groups -OCH3 is 1. The van der Waals surface area contributed by atoms with Gasteiger partial charge in [-0.15, -0.1) is 0 Å². The molecule has 144 valence electrons. The van der Waals surface area contributed by atoms with E-state index >= 15 is 0 Å². The third-order valence-corrected chi connectivity index (χ3v) is 6.22. The SMILES string of the molecule is CCCNC(=O)C[NH+]1CC[C@]2(O)CCCC[C@@H]2[C@@H]1c1ccccc1OC. The standard InChI is InChI=1S/C21H32N2O3/c1-3-13-22-19(24)15-23-14-12-21(25)11-7-6-9-17(21)20(23)16-8-4-5-10-18(16)26-2/h4-5,8,10,17,20,25H,3,6-7,9,11-15H2,1-2H3,(H,22,24)/p+1/t17-,20+,21-/m1/s1. The molecule has 1 aromatic carbocycles. The number of rotatable bonds is 6. The zero-order valence-electron chi connectivity index (χ0n) is 16.1. The van der Waals surface area contributed by atoms with E-state index in [4.69, 9.17) is 4.74 Å². The van der Waals surface area contributed by atoms with Crippen LogP contribution in [-0.2, 0) is 4.79 Å². The highest BCUT2D eigenvalue weighted by Crippen LogP contribution is 2.45. The number of carbonyl (C=O) groups is 1. The molecule has 1 unspecified atom stereocenters. The van der Waals surface area contributed by atoms with Gasteiger partial charge in [-0.1, -0.05) is 31.9 Å². The smallest absolute Gasteiger partial charge is 0.275 e. The van der Waals surface area contributed by atoms with Crippen LogP contribution in [-0.4, -0.2) is 43.4 Å². The molecule has 0 bridgehead atoms. The van der Waals surface area contributed by atoms with E-state index in [1.54, 1.807) is 7.11 Å². The van der Waals surface area contributed by atoms with E-state index in [0.717, 1.165) is 62.9 Å². The minimum atomic E-state index is -0.604. The van der Waals surface area contributed by atoms with E-state index in [2.05, 4.69) is 18.3 Å². The maximum Gasteiger partial charge on any atom is 0.275 e. The van der Waals surface area contributed by atoms with Crippen molar-refractivity contribution >= 4 is 5.91 Å². The van der Waals surface area contributed by atoms with E-state index < -0.39 is 5.60 Å². The molecule has 1 saturated carbocycles. The lowest BCUT2D eigenvalue weighted by molar-refractivity contribution is -0.937. The summed E-state index contributed by atoms with van der Waals surface area (Å²) >= 11 is 0. The van der Waals surface area contributed by atoms with Gasteiger partial charge >= 0.3 is 0 Å². The predicted octanol–water partition coefficient (Wildman–Crippen LogP) is 1.47. The van der Waals surface area contributed by atoms with E-state index in [-0.39, 0.29) is 17.9 Å². The lowest BCUT2D eigenvalue weighted by Crippen LogP contribution is -3.16. The Morgan fingerprint density at radius 2 is 2.15 bits per heavy atom. The zero-order valence-corrected chi connectivity index (χ0v) is 16.1. The largest absolute Gasteiger partial charge is 0.496 e. The van der Waals surface area contributed by atoms with Gasteiger partial charge in [0.1, 0.15) is 11.8 Å². The van der Waals surface area contributed by atoms with Crippen molar-refractivity contribution in [2.75, 3.05) is 26.7 Å². The van der Waals surface area contributed by atoms with Gasteiger partial charge in [0.05, 0.1) is 24.8 Å². The van der Waals surface area contributed by atoms with Crippen LogP contribution in [0.3, 0.4) is 0 Å². The van der Waals surface area contributed by atoms with Gasteiger partial charge < -0.3 is 20.1 Å². The summed E-state index contributed by atoms with van der Waals surface area (Å²) in [6.45, 7) is 4.05. The number of ether oxygens (including phenoxy) is 1. The van der Waals surface area contributed by atoms with Gasteiger partial charge in [-0.3, -0.25) is 4.79 Å². The van der Waals surface area contributed by atoms with Gasteiger partial charge in [0.25, 0.3) is 5.91 Å². The van der Waals surface area contributed by atoms with Crippen molar-refractivity contribution in [1.29, 1.82) is 0 Å². The van der Waals surface area contributed by atoms with Crippen molar-refractivity contribution in [3.8, 4) is 5.75 Å². The zero-order chi connectivity index (χ0) is 18.6. The van der Waals surface area contributed by atoms with Crippen molar-refractivity contribution in [1.82, 2.24) is 5.32 Å². The van der Waals surface area contributed by atoms with Crippen LogP contribution in [0.4, 0.5) is 0 Å². The summed E-state index contributed by atoms with van der Waals surface area (Å²) in [6, 6.07) is 8.20. The minimum Gasteiger partial charge on any atom is -0.496 e. The topological polar surface area (TPSA) is 63.0 Å². The van der Waals surface area contributed by atoms with E-state index in [1.165, 1.54) is 4.90 Å². The third-order valence-electron chi connectivity index (χ3n) is 6.22. The summed E-state index contributed by atoms with van der Waals surface area (Å²) in [7, 11) is 1.70. The quantitative estimate of drug-likeness (QED) is 0.719. The summed E-state index contributed by atoms with van der Waals surface area (Å²) in [4.78, 5) is 13.7. The molecule has 1 amide bonds. The highest BCUT2D eigenvalue weighted by atomic mass is 16.5. The molecule has 1 saturated heterocycles. The van der Waals surface area contributed by atoms with Crippen LogP contribution in [0, 0.1) is 5.92 Å². The Balaban J connectivity index is 1.91. The van der Waals surface area contributed by atoms with Gasteiger partial charge in [0, 0.05) is 18.9 Å². The van der Waals surface area contributed by atoms with E-state index in [9.17, 15) is 9.90 Å². The Hall–Kier alpha value is -1.59. The molecule has 2 aliphatic rings. The van der Waals surface area contributed by atoms with Crippen LogP contribution in [0.5, 0.6) is 5.75 Å². The van der Waals surface area contributed by atoms with Gasteiger partial charge in [0.15, 0.2) is 6.54 Å². The Morgan fingerprint density at radius 3 is 2.92 bits per heavy atom. The fourth-order valence-electron chi connectivity index (χ4n) is 4.95. The average molecular weight is 362 g/mol. The molecule has 0 spiro atoms. The molecule has 0 aromatic heterocycles. The van der Waals surface area contributed by atoms with Crippen molar-refractivity contribution in [3.05, 3.63) is 29.8 Å². The van der Waals surface area contributed by atoms with Crippen LogP contribution in [0.1, 0.15) is 57.1 Å². The van der Waals surface area contributed by atoms with Crippen molar-refractivity contribution in [2.24, 2.45) is 5.92 Å². The Morgan fingerprint density at radius 1 is 1.35 bits per heavy atom. The number of likely N-dealkylation sites (tertiary alicyclic amines) is 1. The molecular weight excluding hydrogens is 328 g/mol. The maximum absolute atomic E-state index is 12.4. The molecule has 0 radical (unpaired) electrons. The van der Waals surface area contributed by atoms with Crippen molar-refractivity contribution in [3.63, 3.8) is 0 Å². The number of benzene rings is 1. The second-order valence-electron chi connectivity index (χ2n) is 7.86. The van der Waals surface area contributed by atoms with Gasteiger partial charge in [-0.25, -0.2) is 0 Å². The summed E-state index contributed by atoms with van der Waals surface area (Å²) in [6.07, 6.45) is 5.85. The first-order valence-electron chi connectivity index (χ1n) is 10.1. The first-order chi connectivity index (χ1) is 12.6. The van der Waals surface area contributed by atoms with E-state index in [1.807, 2.05) is 18.2 Å². The number of amides is 1. The fourth-order valence-corrected chi connectivity index (χ4v) is 4.95. The molecular formula is C21H33N2O3+. The van der Waals surface area contributed by atoms with Crippen LogP contribution in [0.15, 0.2) is 24.3 Å². The molecule has 3 rings (SSSR count). The highest BCUT2D eigenvalue weighted by molar-refractivity contribution is 5.76. The summed E-state index contributed by atoms with van der Waals surface area (Å²) < 4.78 is 5.63. The van der Waals surface area contributed by atoms with Gasteiger partial charge in [0.2, 0.25) is 0 Å². The van der Waals surface area contributed by atoms with Crippen molar-refractivity contribution in [2.45, 2.75) is 57.1 Å². The number of nitrogens with one attached hydrogen (secondary N) is 2. The number of fused-ring (bicyclic) bond motifs is 1. The van der Waals surface area contributed by atoms with Crippen LogP contribution < -0.4 is 15.0 Å². The number of piperidine rings is 1. The van der Waals surface area contributed by atoms with Gasteiger partial charge in [-0.2, -0.15) is 0 Å². The minimum absolute atomic E-state index is 0.0950.